The minimum absolute atomic E-state index is 0. The highest BCUT2D eigenvalue weighted by atomic mass is 79.9. The first-order valence-corrected chi connectivity index (χ1v) is 7.47. The molecule has 24 heavy (non-hydrogen) atoms. The van der Waals surface area contributed by atoms with E-state index in [0.29, 0.717) is 5.56 Å². The van der Waals surface area contributed by atoms with Crippen molar-refractivity contribution in [3.8, 4) is 11.8 Å². The third-order valence-corrected chi connectivity index (χ3v) is 3.46. The van der Waals surface area contributed by atoms with Crippen LogP contribution in [0.3, 0.4) is 0 Å². The van der Waals surface area contributed by atoms with Gasteiger partial charge in [-0.25, -0.2) is 0 Å². The molecule has 0 radical (unpaired) electrons. The van der Waals surface area contributed by atoms with Crippen LogP contribution in [-0.4, -0.2) is 5.78 Å². The summed E-state index contributed by atoms with van der Waals surface area (Å²) in [7, 11) is 0. The summed E-state index contributed by atoms with van der Waals surface area (Å²) in [5, 5.41) is 0. The van der Waals surface area contributed by atoms with Crippen LogP contribution in [0.1, 0.15) is 21.6 Å². The Morgan fingerprint density at radius 3 is 2.12 bits per heavy atom. The van der Waals surface area contributed by atoms with Crippen molar-refractivity contribution in [1.82, 2.24) is 0 Å². The van der Waals surface area contributed by atoms with Gasteiger partial charge in [0.15, 0.2) is 6.20 Å². The van der Waals surface area contributed by atoms with E-state index in [1.54, 1.807) is 0 Å². The molecule has 2 nitrogen and oxygen atoms in total. The Hall–Kier alpha value is -2.70. The average molecular weight is 378 g/mol. The summed E-state index contributed by atoms with van der Waals surface area (Å²) in [6, 6.07) is 24.9. The van der Waals surface area contributed by atoms with Crippen molar-refractivity contribution in [2.45, 2.75) is 6.54 Å². The Kier molecular flexibility index (Phi) is 6.48. The third-order valence-electron chi connectivity index (χ3n) is 3.46. The lowest BCUT2D eigenvalue weighted by Gasteiger charge is -1.99. The molecule has 1 heterocycles. The van der Waals surface area contributed by atoms with E-state index in [4.69, 9.17) is 0 Å². The molecule has 118 valence electrons. The maximum Gasteiger partial charge on any atom is 0.257 e. The van der Waals surface area contributed by atoms with Crippen LogP contribution in [0, 0.1) is 11.8 Å². The molecule has 0 aliphatic rings. The zero-order valence-corrected chi connectivity index (χ0v) is 14.6. The zero-order valence-electron chi connectivity index (χ0n) is 13.0. The van der Waals surface area contributed by atoms with Crippen molar-refractivity contribution in [1.29, 1.82) is 0 Å². The molecule has 3 heteroatoms. The fraction of sp³-hybridized carbons (Fsp3) is 0.0476. The van der Waals surface area contributed by atoms with E-state index in [1.165, 1.54) is 0 Å². The van der Waals surface area contributed by atoms with Crippen molar-refractivity contribution in [2.24, 2.45) is 0 Å². The first kappa shape index (κ1) is 17.7. The Balaban J connectivity index is 0.00000208. The predicted molar refractivity (Wildman–Crippen MR) is 89.8 cm³/mol. The molecule has 0 atom stereocenters. The molecule has 1 aromatic heterocycles. The molecule has 2 aromatic carbocycles. The molecule has 0 aliphatic carbocycles. The first-order valence-electron chi connectivity index (χ1n) is 7.47. The molecule has 0 bridgehead atoms. The van der Waals surface area contributed by atoms with E-state index < -0.39 is 0 Å². The van der Waals surface area contributed by atoms with Crippen LogP contribution in [0.15, 0.2) is 85.1 Å². The van der Waals surface area contributed by atoms with Crippen LogP contribution in [0.5, 0.6) is 0 Å². The summed E-state index contributed by atoms with van der Waals surface area (Å²) >= 11 is 0. The summed E-state index contributed by atoms with van der Waals surface area (Å²) in [6.45, 7) is 0.281. The highest BCUT2D eigenvalue weighted by molar-refractivity contribution is 5.94. The third kappa shape index (κ3) is 4.65. The maximum atomic E-state index is 12.4. The second kappa shape index (κ2) is 8.81. The van der Waals surface area contributed by atoms with Crippen LogP contribution < -0.4 is 21.5 Å². The molecule has 0 saturated carbocycles. The van der Waals surface area contributed by atoms with E-state index in [-0.39, 0.29) is 29.3 Å². The van der Waals surface area contributed by atoms with Gasteiger partial charge in [0.2, 0.25) is 12.3 Å². The number of rotatable bonds is 3. The molecule has 0 fully saturated rings. The minimum atomic E-state index is 0. The smallest absolute Gasteiger partial charge is 0.257 e. The standard InChI is InChI=1S/C21H16NO.BrH/c23-21(19-11-5-2-6-12-19)17-22-16-8-7-13-20(22)15-14-18-9-3-1-4-10-18;/h1-13,16H,17H2;1H/q+1;/p-1. The van der Waals surface area contributed by atoms with Crippen LogP contribution in [0.25, 0.3) is 0 Å². The molecule has 3 rings (SSSR count). The van der Waals surface area contributed by atoms with E-state index in [2.05, 4.69) is 11.8 Å². The van der Waals surface area contributed by atoms with E-state index >= 15 is 0 Å². The van der Waals surface area contributed by atoms with Crippen LogP contribution in [-0.2, 0) is 6.54 Å². The molecule has 0 unspecified atom stereocenters. The number of carbonyl (C=O) groups is 1. The highest BCUT2D eigenvalue weighted by Crippen LogP contribution is 2.01. The Labute approximate surface area is 152 Å². The monoisotopic (exact) mass is 377 g/mol. The van der Waals surface area contributed by atoms with Gasteiger partial charge in [0.1, 0.15) is 0 Å². The summed E-state index contributed by atoms with van der Waals surface area (Å²) in [5.74, 6) is 6.35. The predicted octanol–water partition coefficient (Wildman–Crippen LogP) is 0.261. The summed E-state index contributed by atoms with van der Waals surface area (Å²) in [5.41, 5.74) is 2.49. The molecule has 0 aliphatic heterocycles. The molecule has 0 saturated heterocycles. The van der Waals surface area contributed by atoms with Gasteiger partial charge in [-0.1, -0.05) is 54.5 Å². The van der Waals surface area contributed by atoms with Crippen molar-refractivity contribution < 1.29 is 26.3 Å². The number of hydrogen-bond acceptors (Lipinski definition) is 1. The maximum absolute atomic E-state index is 12.4. The summed E-state index contributed by atoms with van der Waals surface area (Å²) in [6.07, 6.45) is 1.88. The molecule has 0 spiro atoms. The van der Waals surface area contributed by atoms with Gasteiger partial charge in [0, 0.05) is 29.2 Å². The lowest BCUT2D eigenvalue weighted by atomic mass is 10.1. The van der Waals surface area contributed by atoms with Gasteiger partial charge < -0.3 is 17.0 Å². The Morgan fingerprint density at radius 1 is 0.792 bits per heavy atom. The van der Waals surface area contributed by atoms with Crippen LogP contribution >= 0.6 is 0 Å². The van der Waals surface area contributed by atoms with Crippen molar-refractivity contribution in [2.75, 3.05) is 0 Å². The Bertz CT molecular complexity index is 864. The molecular formula is C21H16BrNO. The second-order valence-electron chi connectivity index (χ2n) is 5.12. The number of ketones is 1. The topological polar surface area (TPSA) is 20.9 Å². The van der Waals surface area contributed by atoms with E-state index in [0.717, 1.165) is 11.3 Å². The van der Waals surface area contributed by atoms with Crippen molar-refractivity contribution in [3.05, 3.63) is 102 Å². The quantitative estimate of drug-likeness (QED) is 0.364. The molecule has 3 aromatic rings. The molecule has 0 amide bonds. The first-order chi connectivity index (χ1) is 11.3. The number of aromatic nitrogens is 1. The number of pyridine rings is 1. The number of carbonyl (C=O) groups excluding carboxylic acids is 1. The number of Topliss-reactive ketones (excluding diaryl/α,β-unsaturated/α-hetero) is 1. The van der Waals surface area contributed by atoms with Gasteiger partial charge in [0.05, 0.1) is 0 Å². The fourth-order valence-corrected chi connectivity index (χ4v) is 2.26. The van der Waals surface area contributed by atoms with Crippen molar-refractivity contribution in [3.63, 3.8) is 0 Å². The van der Waals surface area contributed by atoms with Gasteiger partial charge in [-0.05, 0) is 18.2 Å². The Morgan fingerprint density at radius 2 is 1.42 bits per heavy atom. The van der Waals surface area contributed by atoms with Gasteiger partial charge in [0.25, 0.3) is 5.69 Å². The zero-order chi connectivity index (χ0) is 15.9. The number of benzene rings is 2. The van der Waals surface area contributed by atoms with E-state index in [9.17, 15) is 4.79 Å². The number of halogens is 1. The number of nitrogens with zero attached hydrogens (tertiary/aromatic N) is 1. The van der Waals surface area contributed by atoms with Crippen molar-refractivity contribution >= 4 is 5.78 Å². The van der Waals surface area contributed by atoms with Crippen LogP contribution in [0.2, 0.25) is 0 Å². The minimum Gasteiger partial charge on any atom is -1.00 e. The SMILES string of the molecule is O=C(C[n+]1ccccc1C#Cc1ccccc1)c1ccccc1.[Br-]. The highest BCUT2D eigenvalue weighted by Gasteiger charge is 2.14. The lowest BCUT2D eigenvalue weighted by Crippen LogP contribution is -3.00. The van der Waals surface area contributed by atoms with Gasteiger partial charge in [-0.3, -0.25) is 4.79 Å². The lowest BCUT2D eigenvalue weighted by molar-refractivity contribution is -0.685. The normalized spacial score (nSPS) is 9.33. The van der Waals surface area contributed by atoms with Gasteiger partial charge >= 0.3 is 0 Å². The fourth-order valence-electron chi connectivity index (χ4n) is 2.26. The number of hydrogen-bond donors (Lipinski definition) is 0. The molecular weight excluding hydrogens is 362 g/mol. The van der Waals surface area contributed by atoms with Crippen LogP contribution in [0.4, 0.5) is 0 Å². The summed E-state index contributed by atoms with van der Waals surface area (Å²) in [4.78, 5) is 12.4. The second-order valence-corrected chi connectivity index (χ2v) is 5.12. The largest absolute Gasteiger partial charge is 1.00 e. The van der Waals surface area contributed by atoms with Gasteiger partial charge in [-0.15, -0.1) is 0 Å². The molecule has 0 N–H and O–H groups in total. The van der Waals surface area contributed by atoms with Gasteiger partial charge in [-0.2, -0.15) is 4.57 Å². The van der Waals surface area contributed by atoms with E-state index in [1.807, 2.05) is 89.6 Å². The average Bonchev–Trinajstić information content (AvgIpc) is 2.62. The summed E-state index contributed by atoms with van der Waals surface area (Å²) < 4.78 is 1.88.